The van der Waals surface area contributed by atoms with Gasteiger partial charge in [-0.1, -0.05) is 36.4 Å². The highest BCUT2D eigenvalue weighted by molar-refractivity contribution is 6.37. The van der Waals surface area contributed by atoms with E-state index in [-0.39, 0.29) is 13.2 Å². The van der Waals surface area contributed by atoms with E-state index < -0.39 is 48.2 Å². The number of hydrogen-bond acceptors (Lipinski definition) is 12. The summed E-state index contributed by atoms with van der Waals surface area (Å²) < 4.78 is 19.3. The van der Waals surface area contributed by atoms with Crippen molar-refractivity contribution in [1.29, 1.82) is 0 Å². The summed E-state index contributed by atoms with van der Waals surface area (Å²) in [5, 5.41) is 19.5. The Hall–Kier alpha value is -3.84. The summed E-state index contributed by atoms with van der Waals surface area (Å²) in [7, 11) is 0. The summed E-state index contributed by atoms with van der Waals surface area (Å²) in [5.74, 6) is -5.28. The second-order valence-electron chi connectivity index (χ2n) is 6.81. The Morgan fingerprint density at radius 1 is 0.735 bits per heavy atom. The minimum Gasteiger partial charge on any atom is -0.491 e. The second-order valence-corrected chi connectivity index (χ2v) is 6.81. The zero-order valence-corrected chi connectivity index (χ0v) is 17.8. The fraction of sp³-hybridized carbons (Fsp3) is 0.273. The molecule has 12 heteroatoms. The molecule has 0 aliphatic rings. The van der Waals surface area contributed by atoms with Crippen LogP contribution in [0.25, 0.3) is 0 Å². The van der Waals surface area contributed by atoms with Gasteiger partial charge in [0, 0.05) is 0 Å². The first-order chi connectivity index (χ1) is 16.2. The summed E-state index contributed by atoms with van der Waals surface area (Å²) in [6.45, 7) is -0.699. The van der Waals surface area contributed by atoms with Crippen LogP contribution in [-0.4, -0.2) is 71.6 Å². The maximum absolute atomic E-state index is 11.9. The standard InChI is InChI=1S/C22H24N2O10/c23-15(11-31-13-7-3-1-4-8-13)19(27)33-21(29)17(25)18(26)22(30)34-20(28)16(24)12-32-14-9-5-2-6-10-14/h1-10,15-17,21,25,29H,11-12,23-24H2/t15-,16-,17?,21?/m0/s1. The molecule has 0 aromatic heterocycles. The zero-order valence-electron chi connectivity index (χ0n) is 17.8. The Balaban J connectivity index is 1.77. The number of para-hydroxylation sites is 2. The van der Waals surface area contributed by atoms with Crippen molar-refractivity contribution < 1.29 is 48.3 Å². The van der Waals surface area contributed by atoms with Crippen LogP contribution in [0.4, 0.5) is 0 Å². The van der Waals surface area contributed by atoms with Gasteiger partial charge in [-0.2, -0.15) is 0 Å². The molecule has 6 N–H and O–H groups in total. The maximum Gasteiger partial charge on any atom is 0.385 e. The molecular formula is C22H24N2O10. The lowest BCUT2D eigenvalue weighted by molar-refractivity contribution is -0.193. The van der Waals surface area contributed by atoms with Gasteiger partial charge in [-0.25, -0.2) is 9.59 Å². The number of esters is 3. The Bertz CT molecular complexity index is 970. The highest BCUT2D eigenvalue weighted by Crippen LogP contribution is 2.10. The van der Waals surface area contributed by atoms with Crippen LogP contribution in [0.15, 0.2) is 60.7 Å². The number of rotatable bonds is 12. The molecule has 2 rings (SSSR count). The van der Waals surface area contributed by atoms with Crippen molar-refractivity contribution in [3.05, 3.63) is 60.7 Å². The van der Waals surface area contributed by atoms with Crippen LogP contribution in [-0.2, 0) is 28.7 Å². The van der Waals surface area contributed by atoms with Gasteiger partial charge in [-0.15, -0.1) is 0 Å². The summed E-state index contributed by atoms with van der Waals surface area (Å²) >= 11 is 0. The second kappa shape index (κ2) is 13.0. The molecule has 0 fully saturated rings. The highest BCUT2D eigenvalue weighted by Gasteiger charge is 2.36. The molecule has 2 aromatic rings. The van der Waals surface area contributed by atoms with Crippen LogP contribution in [0.2, 0.25) is 0 Å². The number of carbonyl (C=O) groups is 4. The van der Waals surface area contributed by atoms with Crippen molar-refractivity contribution in [2.75, 3.05) is 13.2 Å². The Morgan fingerprint density at radius 2 is 1.18 bits per heavy atom. The van der Waals surface area contributed by atoms with Crippen LogP contribution in [0.3, 0.4) is 0 Å². The smallest absolute Gasteiger partial charge is 0.385 e. The Labute approximate surface area is 194 Å². The number of nitrogens with two attached hydrogens (primary N) is 2. The third-order valence-corrected chi connectivity index (χ3v) is 4.12. The molecule has 4 atom stereocenters. The summed E-state index contributed by atoms with van der Waals surface area (Å²) in [5.41, 5.74) is 11.1. The average Bonchev–Trinajstić information content (AvgIpc) is 2.85. The molecule has 0 aliphatic carbocycles. The lowest BCUT2D eigenvalue weighted by atomic mass is 10.2. The van der Waals surface area contributed by atoms with Crippen molar-refractivity contribution in [3.63, 3.8) is 0 Å². The lowest BCUT2D eigenvalue weighted by Gasteiger charge is -2.19. The highest BCUT2D eigenvalue weighted by atomic mass is 16.7. The van der Waals surface area contributed by atoms with Crippen LogP contribution in [0, 0.1) is 0 Å². The van der Waals surface area contributed by atoms with Crippen LogP contribution in [0.5, 0.6) is 11.5 Å². The van der Waals surface area contributed by atoms with Crippen molar-refractivity contribution in [2.45, 2.75) is 24.5 Å². The first-order valence-electron chi connectivity index (χ1n) is 9.92. The topological polar surface area (TPSA) is 198 Å². The van der Waals surface area contributed by atoms with Crippen molar-refractivity contribution in [3.8, 4) is 11.5 Å². The molecule has 0 heterocycles. The van der Waals surface area contributed by atoms with Gasteiger partial charge < -0.3 is 40.6 Å². The number of ketones is 1. The van der Waals surface area contributed by atoms with Crippen LogP contribution < -0.4 is 20.9 Å². The first-order valence-corrected chi connectivity index (χ1v) is 9.92. The zero-order chi connectivity index (χ0) is 25.1. The van der Waals surface area contributed by atoms with Crippen molar-refractivity contribution >= 4 is 23.7 Å². The molecule has 2 unspecified atom stereocenters. The van der Waals surface area contributed by atoms with E-state index in [0.717, 1.165) is 0 Å². The summed E-state index contributed by atoms with van der Waals surface area (Å²) in [6.07, 6.45) is -5.00. The molecule has 0 saturated heterocycles. The molecule has 2 aromatic carbocycles. The molecule has 0 saturated carbocycles. The van der Waals surface area contributed by atoms with E-state index in [0.29, 0.717) is 11.5 Å². The van der Waals surface area contributed by atoms with E-state index in [9.17, 15) is 29.4 Å². The lowest BCUT2D eigenvalue weighted by Crippen LogP contribution is -2.47. The molecule has 0 amide bonds. The molecular weight excluding hydrogens is 452 g/mol. The molecule has 0 radical (unpaired) electrons. The normalized spacial score (nSPS) is 14.1. The monoisotopic (exact) mass is 476 g/mol. The van der Waals surface area contributed by atoms with Gasteiger partial charge in [0.2, 0.25) is 6.29 Å². The quantitative estimate of drug-likeness (QED) is 0.122. The summed E-state index contributed by atoms with van der Waals surface area (Å²) in [4.78, 5) is 47.5. The van der Waals surface area contributed by atoms with E-state index >= 15 is 0 Å². The van der Waals surface area contributed by atoms with Crippen molar-refractivity contribution in [1.82, 2.24) is 0 Å². The fourth-order valence-corrected chi connectivity index (χ4v) is 2.28. The van der Waals surface area contributed by atoms with Gasteiger partial charge in [0.25, 0.3) is 5.78 Å². The molecule has 0 bridgehead atoms. The third-order valence-electron chi connectivity index (χ3n) is 4.12. The van der Waals surface area contributed by atoms with Gasteiger partial charge >= 0.3 is 17.9 Å². The number of aliphatic hydroxyl groups is 2. The van der Waals surface area contributed by atoms with Crippen LogP contribution >= 0.6 is 0 Å². The molecule has 34 heavy (non-hydrogen) atoms. The molecule has 0 aliphatic heterocycles. The van der Waals surface area contributed by atoms with Gasteiger partial charge in [-0.05, 0) is 24.3 Å². The van der Waals surface area contributed by atoms with E-state index in [2.05, 4.69) is 9.47 Å². The van der Waals surface area contributed by atoms with Crippen LogP contribution in [0.1, 0.15) is 0 Å². The molecule has 182 valence electrons. The molecule has 0 spiro atoms. The first kappa shape index (κ1) is 26.4. The van der Waals surface area contributed by atoms with Gasteiger partial charge in [0.15, 0.2) is 6.10 Å². The number of carbonyl (C=O) groups excluding carboxylic acids is 4. The number of aliphatic hydroxyl groups excluding tert-OH is 2. The van der Waals surface area contributed by atoms with E-state index in [1.807, 2.05) is 0 Å². The maximum atomic E-state index is 11.9. The van der Waals surface area contributed by atoms with E-state index in [1.54, 1.807) is 60.7 Å². The largest absolute Gasteiger partial charge is 0.491 e. The number of ether oxygens (including phenoxy) is 4. The Morgan fingerprint density at radius 3 is 1.65 bits per heavy atom. The third kappa shape index (κ3) is 8.26. The number of hydrogen-bond donors (Lipinski definition) is 4. The minimum absolute atomic E-state index is 0.334. The molecule has 12 nitrogen and oxygen atoms in total. The summed E-state index contributed by atoms with van der Waals surface area (Å²) in [6, 6.07) is 13.9. The fourth-order valence-electron chi connectivity index (χ4n) is 2.28. The van der Waals surface area contributed by atoms with E-state index in [4.69, 9.17) is 20.9 Å². The number of Topliss-reactive ketones (excluding diaryl/α,β-unsaturated/α-hetero) is 1. The van der Waals surface area contributed by atoms with Gasteiger partial charge in [-0.3, -0.25) is 9.59 Å². The predicted octanol–water partition coefficient (Wildman–Crippen LogP) is -1.34. The Kier molecular flexibility index (Phi) is 10.1. The SMILES string of the molecule is N[C@@H](COc1ccccc1)C(=O)OC(=O)C(=O)C(O)C(O)OC(=O)[C@@H](N)COc1ccccc1. The van der Waals surface area contributed by atoms with E-state index in [1.165, 1.54) is 0 Å². The van der Waals surface area contributed by atoms with Gasteiger partial charge in [0.05, 0.1) is 0 Å². The minimum atomic E-state index is -2.54. The van der Waals surface area contributed by atoms with Gasteiger partial charge in [0.1, 0.15) is 36.8 Å². The van der Waals surface area contributed by atoms with Crippen molar-refractivity contribution in [2.24, 2.45) is 11.5 Å². The predicted molar refractivity (Wildman–Crippen MR) is 114 cm³/mol. The number of benzene rings is 2. The average molecular weight is 476 g/mol.